The Kier molecular flexibility index (Phi) is 4.42. The molecule has 19 heavy (non-hydrogen) atoms. The Labute approximate surface area is 119 Å². The molecule has 1 fully saturated rings. The van der Waals surface area contributed by atoms with Gasteiger partial charge in [0, 0.05) is 17.6 Å². The minimum Gasteiger partial charge on any atom is -0.480 e. The third-order valence-electron chi connectivity index (χ3n) is 3.16. The number of rotatable bonds is 3. The van der Waals surface area contributed by atoms with Gasteiger partial charge in [-0.25, -0.2) is 9.59 Å². The summed E-state index contributed by atoms with van der Waals surface area (Å²) in [6.45, 7) is 0.901. The molecular formula is C13H15BrN2O3. The van der Waals surface area contributed by atoms with E-state index >= 15 is 0 Å². The first kappa shape index (κ1) is 13.9. The van der Waals surface area contributed by atoms with Gasteiger partial charge in [0.15, 0.2) is 0 Å². The summed E-state index contributed by atoms with van der Waals surface area (Å²) in [7, 11) is 0. The highest BCUT2D eigenvalue weighted by atomic mass is 79.9. The lowest BCUT2D eigenvalue weighted by atomic mass is 10.2. The molecule has 0 bridgehead atoms. The number of nitrogens with zero attached hydrogens (tertiary/aromatic N) is 1. The van der Waals surface area contributed by atoms with Crippen LogP contribution in [0.2, 0.25) is 0 Å². The summed E-state index contributed by atoms with van der Waals surface area (Å²) < 4.78 is 0.980. The molecule has 102 valence electrons. The number of hydrogen-bond donors (Lipinski definition) is 2. The SMILES string of the molecule is O=C(O)[C@H]1CCCN1C(=O)NCc1ccc(Br)cc1. The molecule has 1 aliphatic heterocycles. The molecule has 0 saturated carbocycles. The molecule has 1 atom stereocenters. The highest BCUT2D eigenvalue weighted by Crippen LogP contribution is 2.17. The third kappa shape index (κ3) is 3.47. The highest BCUT2D eigenvalue weighted by molar-refractivity contribution is 9.10. The van der Waals surface area contributed by atoms with Crippen molar-refractivity contribution >= 4 is 27.9 Å². The van der Waals surface area contributed by atoms with E-state index in [0.717, 1.165) is 16.5 Å². The van der Waals surface area contributed by atoms with Gasteiger partial charge in [-0.3, -0.25) is 0 Å². The van der Waals surface area contributed by atoms with Crippen LogP contribution in [0.25, 0.3) is 0 Å². The molecule has 0 unspecified atom stereocenters. The molecule has 0 radical (unpaired) electrons. The van der Waals surface area contributed by atoms with Crippen LogP contribution in [0.3, 0.4) is 0 Å². The first-order chi connectivity index (χ1) is 9.08. The fraction of sp³-hybridized carbons (Fsp3) is 0.385. The number of hydrogen-bond acceptors (Lipinski definition) is 2. The fourth-order valence-electron chi connectivity index (χ4n) is 2.15. The van der Waals surface area contributed by atoms with Gasteiger partial charge in [0.2, 0.25) is 0 Å². The van der Waals surface area contributed by atoms with Gasteiger partial charge in [-0.05, 0) is 30.5 Å². The van der Waals surface area contributed by atoms with E-state index < -0.39 is 12.0 Å². The zero-order valence-corrected chi connectivity index (χ0v) is 11.9. The summed E-state index contributed by atoms with van der Waals surface area (Å²) in [6.07, 6.45) is 1.27. The van der Waals surface area contributed by atoms with Crippen molar-refractivity contribution in [3.05, 3.63) is 34.3 Å². The van der Waals surface area contributed by atoms with Crippen molar-refractivity contribution in [2.75, 3.05) is 6.54 Å². The van der Waals surface area contributed by atoms with E-state index in [-0.39, 0.29) is 6.03 Å². The molecule has 0 aliphatic carbocycles. The summed E-state index contributed by atoms with van der Waals surface area (Å²) in [5.41, 5.74) is 0.975. The van der Waals surface area contributed by atoms with Crippen molar-refractivity contribution in [3.8, 4) is 0 Å². The number of aliphatic carboxylic acids is 1. The zero-order chi connectivity index (χ0) is 13.8. The lowest BCUT2D eigenvalue weighted by Crippen LogP contribution is -2.45. The van der Waals surface area contributed by atoms with Gasteiger partial charge in [0.25, 0.3) is 0 Å². The maximum Gasteiger partial charge on any atom is 0.326 e. The number of amides is 2. The number of halogens is 1. The predicted molar refractivity (Wildman–Crippen MR) is 73.7 cm³/mol. The Bertz CT molecular complexity index is 475. The Hall–Kier alpha value is -1.56. The molecule has 1 aromatic rings. The van der Waals surface area contributed by atoms with Crippen LogP contribution in [0.1, 0.15) is 18.4 Å². The van der Waals surface area contributed by atoms with Crippen LogP contribution in [-0.2, 0) is 11.3 Å². The van der Waals surface area contributed by atoms with Crippen LogP contribution >= 0.6 is 15.9 Å². The summed E-state index contributed by atoms with van der Waals surface area (Å²) >= 11 is 3.34. The minimum atomic E-state index is -0.934. The number of carboxylic acids is 1. The first-order valence-electron chi connectivity index (χ1n) is 6.09. The van der Waals surface area contributed by atoms with Crippen LogP contribution in [0.4, 0.5) is 4.79 Å². The van der Waals surface area contributed by atoms with Crippen LogP contribution in [-0.4, -0.2) is 34.6 Å². The standard InChI is InChI=1S/C13H15BrN2O3/c14-10-5-3-9(4-6-10)8-15-13(19)16-7-1-2-11(16)12(17)18/h3-6,11H,1-2,7-8H2,(H,15,19)(H,17,18)/t11-/m1/s1. The number of urea groups is 1. The maximum atomic E-state index is 11.9. The molecule has 5 nitrogen and oxygen atoms in total. The minimum absolute atomic E-state index is 0.312. The van der Waals surface area contributed by atoms with Crippen molar-refractivity contribution in [2.24, 2.45) is 0 Å². The number of carboxylic acid groups (broad SMARTS) is 1. The van der Waals surface area contributed by atoms with Crippen molar-refractivity contribution < 1.29 is 14.7 Å². The van der Waals surface area contributed by atoms with Crippen LogP contribution < -0.4 is 5.32 Å². The quantitative estimate of drug-likeness (QED) is 0.894. The summed E-state index contributed by atoms with van der Waals surface area (Å²) in [4.78, 5) is 24.3. The average Bonchev–Trinajstić information content (AvgIpc) is 2.87. The van der Waals surface area contributed by atoms with Crippen molar-refractivity contribution in [2.45, 2.75) is 25.4 Å². The number of carbonyl (C=O) groups is 2. The smallest absolute Gasteiger partial charge is 0.326 e. The lowest BCUT2D eigenvalue weighted by Gasteiger charge is -2.21. The number of carbonyl (C=O) groups excluding carboxylic acids is 1. The van der Waals surface area contributed by atoms with Gasteiger partial charge in [-0.2, -0.15) is 0 Å². The van der Waals surface area contributed by atoms with Crippen molar-refractivity contribution in [1.82, 2.24) is 10.2 Å². The summed E-state index contributed by atoms with van der Waals surface area (Å²) in [5, 5.41) is 11.8. The Balaban J connectivity index is 1.90. The maximum absolute atomic E-state index is 11.9. The molecule has 1 saturated heterocycles. The van der Waals surface area contributed by atoms with E-state index in [1.54, 1.807) is 0 Å². The Morgan fingerprint density at radius 1 is 1.37 bits per heavy atom. The van der Waals surface area contributed by atoms with E-state index in [2.05, 4.69) is 21.2 Å². The molecular weight excluding hydrogens is 312 g/mol. The van der Waals surface area contributed by atoms with Gasteiger partial charge < -0.3 is 15.3 Å². The molecule has 0 spiro atoms. The van der Waals surface area contributed by atoms with Crippen molar-refractivity contribution in [1.29, 1.82) is 0 Å². The number of likely N-dealkylation sites (tertiary alicyclic amines) is 1. The van der Waals surface area contributed by atoms with Crippen LogP contribution in [0.15, 0.2) is 28.7 Å². The number of benzene rings is 1. The number of nitrogens with one attached hydrogen (secondary N) is 1. The first-order valence-corrected chi connectivity index (χ1v) is 6.89. The summed E-state index contributed by atoms with van der Waals surface area (Å²) in [5.74, 6) is -0.934. The monoisotopic (exact) mass is 326 g/mol. The lowest BCUT2D eigenvalue weighted by molar-refractivity contribution is -0.141. The predicted octanol–water partition coefficient (Wildman–Crippen LogP) is 2.21. The van der Waals surface area contributed by atoms with Gasteiger partial charge in [0.1, 0.15) is 6.04 Å². The average molecular weight is 327 g/mol. The second-order valence-electron chi connectivity index (χ2n) is 4.47. The Morgan fingerprint density at radius 3 is 2.68 bits per heavy atom. The fourth-order valence-corrected chi connectivity index (χ4v) is 2.41. The van der Waals surface area contributed by atoms with E-state index in [1.807, 2.05) is 24.3 Å². The largest absolute Gasteiger partial charge is 0.480 e. The van der Waals surface area contributed by atoms with E-state index in [9.17, 15) is 9.59 Å². The van der Waals surface area contributed by atoms with E-state index in [4.69, 9.17) is 5.11 Å². The topological polar surface area (TPSA) is 69.6 Å². The molecule has 1 aromatic carbocycles. The van der Waals surface area contributed by atoms with Crippen LogP contribution in [0.5, 0.6) is 0 Å². The molecule has 0 aromatic heterocycles. The second-order valence-corrected chi connectivity index (χ2v) is 5.39. The zero-order valence-electron chi connectivity index (χ0n) is 10.3. The third-order valence-corrected chi connectivity index (χ3v) is 3.68. The molecule has 1 aliphatic rings. The molecule has 2 rings (SSSR count). The van der Waals surface area contributed by atoms with Gasteiger partial charge in [-0.1, -0.05) is 28.1 Å². The molecule has 2 amide bonds. The van der Waals surface area contributed by atoms with Gasteiger partial charge in [-0.15, -0.1) is 0 Å². The molecule has 1 heterocycles. The van der Waals surface area contributed by atoms with E-state index in [0.29, 0.717) is 19.5 Å². The normalized spacial score (nSPS) is 18.4. The summed E-state index contributed by atoms with van der Waals surface area (Å²) in [6, 6.07) is 6.61. The van der Waals surface area contributed by atoms with Crippen molar-refractivity contribution in [3.63, 3.8) is 0 Å². The second kappa shape index (κ2) is 6.06. The Morgan fingerprint density at radius 2 is 2.05 bits per heavy atom. The highest BCUT2D eigenvalue weighted by Gasteiger charge is 2.33. The molecule has 2 N–H and O–H groups in total. The van der Waals surface area contributed by atoms with Crippen LogP contribution in [0, 0.1) is 0 Å². The van der Waals surface area contributed by atoms with Gasteiger partial charge >= 0.3 is 12.0 Å². The van der Waals surface area contributed by atoms with Gasteiger partial charge in [0.05, 0.1) is 0 Å². The molecule has 6 heteroatoms. The van der Waals surface area contributed by atoms with E-state index in [1.165, 1.54) is 4.90 Å².